The van der Waals surface area contributed by atoms with Gasteiger partial charge in [-0.05, 0) is 31.0 Å². The molecule has 0 spiro atoms. The van der Waals surface area contributed by atoms with Gasteiger partial charge < -0.3 is 16.0 Å². The first-order valence-electron chi connectivity index (χ1n) is 7.29. The summed E-state index contributed by atoms with van der Waals surface area (Å²) >= 11 is 0. The molecular formula is C16H23N3O2. The number of anilines is 2. The third-order valence-corrected chi connectivity index (χ3v) is 3.20. The zero-order valence-corrected chi connectivity index (χ0v) is 12.8. The monoisotopic (exact) mass is 289 g/mol. The second-order valence-electron chi connectivity index (χ2n) is 6.48. The Morgan fingerprint density at radius 2 is 1.86 bits per heavy atom. The number of hydrogen-bond acceptors (Lipinski definition) is 3. The third kappa shape index (κ3) is 5.10. The number of rotatable bonds is 5. The number of hydrogen-bond donors (Lipinski definition) is 3. The summed E-state index contributed by atoms with van der Waals surface area (Å²) in [5.41, 5.74) is 1.10. The summed E-state index contributed by atoms with van der Waals surface area (Å²) in [6, 6.07) is 7.75. The molecule has 5 nitrogen and oxygen atoms in total. The van der Waals surface area contributed by atoms with Crippen LogP contribution in [0.3, 0.4) is 0 Å². The van der Waals surface area contributed by atoms with E-state index in [0.717, 1.165) is 24.2 Å². The second kappa shape index (κ2) is 6.16. The molecule has 2 rings (SSSR count). The fraction of sp³-hybridized carbons (Fsp3) is 0.500. The highest BCUT2D eigenvalue weighted by Gasteiger charge is 2.23. The van der Waals surface area contributed by atoms with Crippen LogP contribution in [0.5, 0.6) is 0 Å². The number of benzene rings is 1. The minimum Gasteiger partial charge on any atom is -0.376 e. The van der Waals surface area contributed by atoms with Gasteiger partial charge in [-0.15, -0.1) is 0 Å². The van der Waals surface area contributed by atoms with E-state index in [0.29, 0.717) is 6.04 Å². The van der Waals surface area contributed by atoms with Gasteiger partial charge in [0.1, 0.15) is 0 Å². The van der Waals surface area contributed by atoms with Crippen LogP contribution in [-0.2, 0) is 9.59 Å². The maximum Gasteiger partial charge on any atom is 0.239 e. The predicted molar refractivity (Wildman–Crippen MR) is 84.2 cm³/mol. The van der Waals surface area contributed by atoms with E-state index in [4.69, 9.17) is 0 Å². The Kier molecular flexibility index (Phi) is 4.50. The molecule has 114 valence electrons. The first kappa shape index (κ1) is 15.4. The Hall–Kier alpha value is -2.04. The van der Waals surface area contributed by atoms with Crippen LogP contribution in [0.15, 0.2) is 24.3 Å². The van der Waals surface area contributed by atoms with Crippen molar-refractivity contribution in [1.82, 2.24) is 5.32 Å². The van der Waals surface area contributed by atoms with E-state index in [1.54, 1.807) is 0 Å². The fourth-order valence-electron chi connectivity index (χ4n) is 1.71. The second-order valence-corrected chi connectivity index (χ2v) is 6.48. The van der Waals surface area contributed by atoms with Gasteiger partial charge in [-0.25, -0.2) is 0 Å². The van der Waals surface area contributed by atoms with Crippen molar-refractivity contribution in [3.05, 3.63) is 24.3 Å². The highest BCUT2D eigenvalue weighted by Crippen LogP contribution is 2.20. The van der Waals surface area contributed by atoms with Crippen molar-refractivity contribution >= 4 is 23.2 Å². The topological polar surface area (TPSA) is 70.2 Å². The maximum absolute atomic E-state index is 11.9. The average molecular weight is 289 g/mol. The molecule has 21 heavy (non-hydrogen) atoms. The average Bonchev–Trinajstić information content (AvgIpc) is 3.19. The molecule has 5 heteroatoms. The van der Waals surface area contributed by atoms with Crippen molar-refractivity contribution < 1.29 is 9.59 Å². The van der Waals surface area contributed by atoms with E-state index in [1.807, 2.05) is 45.0 Å². The summed E-state index contributed by atoms with van der Waals surface area (Å²) < 4.78 is 0. The lowest BCUT2D eigenvalue weighted by Crippen LogP contribution is -2.31. The molecule has 1 saturated carbocycles. The molecule has 1 aromatic carbocycles. The van der Waals surface area contributed by atoms with Crippen molar-refractivity contribution in [2.24, 2.45) is 5.41 Å². The quantitative estimate of drug-likeness (QED) is 0.779. The third-order valence-electron chi connectivity index (χ3n) is 3.20. The van der Waals surface area contributed by atoms with Gasteiger partial charge in [-0.1, -0.05) is 26.8 Å². The van der Waals surface area contributed by atoms with E-state index >= 15 is 0 Å². The highest BCUT2D eigenvalue weighted by atomic mass is 16.2. The summed E-state index contributed by atoms with van der Waals surface area (Å²) in [7, 11) is 0. The summed E-state index contributed by atoms with van der Waals surface area (Å²) in [5, 5.41) is 8.86. The van der Waals surface area contributed by atoms with E-state index in [-0.39, 0.29) is 18.4 Å². The number of carbonyl (C=O) groups excluding carboxylic acids is 2. The molecule has 0 heterocycles. The fourth-order valence-corrected chi connectivity index (χ4v) is 1.71. The molecule has 2 amide bonds. The van der Waals surface area contributed by atoms with Crippen LogP contribution in [0.4, 0.5) is 11.4 Å². The zero-order valence-electron chi connectivity index (χ0n) is 12.8. The summed E-state index contributed by atoms with van der Waals surface area (Å²) in [6.07, 6.45) is 2.17. The largest absolute Gasteiger partial charge is 0.376 e. The lowest BCUT2D eigenvalue weighted by Gasteiger charge is -2.18. The van der Waals surface area contributed by atoms with E-state index in [9.17, 15) is 9.59 Å². The maximum atomic E-state index is 11.9. The van der Waals surface area contributed by atoms with Crippen molar-refractivity contribution in [3.63, 3.8) is 0 Å². The minimum absolute atomic E-state index is 0.00151. The van der Waals surface area contributed by atoms with Gasteiger partial charge in [0, 0.05) is 22.8 Å². The van der Waals surface area contributed by atoms with Gasteiger partial charge in [0.15, 0.2) is 0 Å². The number of carbonyl (C=O) groups is 2. The summed E-state index contributed by atoms with van der Waals surface area (Å²) in [4.78, 5) is 23.6. The Labute approximate surface area is 125 Å². The van der Waals surface area contributed by atoms with Crippen molar-refractivity contribution in [2.75, 3.05) is 17.2 Å². The van der Waals surface area contributed by atoms with Crippen molar-refractivity contribution in [1.29, 1.82) is 0 Å². The molecule has 0 atom stereocenters. The van der Waals surface area contributed by atoms with Gasteiger partial charge in [0.05, 0.1) is 6.54 Å². The standard InChI is InChI=1S/C16H23N3O2/c1-16(2,3)15(21)19-13-6-4-5-12(9-13)17-10-14(20)18-11-7-8-11/h4-6,9,11,17H,7-8,10H2,1-3H3,(H,18,20)(H,19,21). The first-order valence-corrected chi connectivity index (χ1v) is 7.29. The molecule has 0 unspecified atom stereocenters. The number of amides is 2. The molecule has 0 radical (unpaired) electrons. The normalized spacial score (nSPS) is 14.4. The van der Waals surface area contributed by atoms with Gasteiger partial charge >= 0.3 is 0 Å². The van der Waals surface area contributed by atoms with E-state index in [1.165, 1.54) is 0 Å². The molecule has 0 saturated heterocycles. The first-order chi connectivity index (χ1) is 9.84. The van der Waals surface area contributed by atoms with Crippen LogP contribution in [0.1, 0.15) is 33.6 Å². The Balaban J connectivity index is 1.88. The molecule has 1 aliphatic rings. The highest BCUT2D eigenvalue weighted by molar-refractivity contribution is 5.95. The van der Waals surface area contributed by atoms with Crippen LogP contribution in [0, 0.1) is 5.41 Å². The van der Waals surface area contributed by atoms with Gasteiger partial charge in [-0.2, -0.15) is 0 Å². The molecule has 1 aliphatic carbocycles. The van der Waals surface area contributed by atoms with Gasteiger partial charge in [0.2, 0.25) is 11.8 Å². The minimum atomic E-state index is -0.437. The lowest BCUT2D eigenvalue weighted by molar-refractivity contribution is -0.123. The van der Waals surface area contributed by atoms with Gasteiger partial charge in [-0.3, -0.25) is 9.59 Å². The van der Waals surface area contributed by atoms with Crippen LogP contribution in [0.25, 0.3) is 0 Å². The van der Waals surface area contributed by atoms with Crippen LogP contribution in [-0.4, -0.2) is 24.4 Å². The van der Waals surface area contributed by atoms with Gasteiger partial charge in [0.25, 0.3) is 0 Å². The van der Waals surface area contributed by atoms with E-state index in [2.05, 4.69) is 16.0 Å². The SMILES string of the molecule is CC(C)(C)C(=O)Nc1cccc(NCC(=O)NC2CC2)c1. The zero-order chi connectivity index (χ0) is 15.5. The smallest absolute Gasteiger partial charge is 0.239 e. The number of nitrogens with one attached hydrogen (secondary N) is 3. The molecule has 1 aromatic rings. The van der Waals surface area contributed by atoms with Crippen molar-refractivity contribution in [2.45, 2.75) is 39.7 Å². The Bertz CT molecular complexity index is 531. The molecular weight excluding hydrogens is 266 g/mol. The van der Waals surface area contributed by atoms with Crippen LogP contribution < -0.4 is 16.0 Å². The predicted octanol–water partition coefficient (Wildman–Crippen LogP) is 2.36. The van der Waals surface area contributed by atoms with E-state index < -0.39 is 5.41 Å². The Morgan fingerprint density at radius 1 is 1.19 bits per heavy atom. The lowest BCUT2D eigenvalue weighted by atomic mass is 9.95. The van der Waals surface area contributed by atoms with Crippen molar-refractivity contribution in [3.8, 4) is 0 Å². The molecule has 0 aromatic heterocycles. The molecule has 0 aliphatic heterocycles. The van der Waals surface area contributed by atoms with Crippen LogP contribution >= 0.6 is 0 Å². The molecule has 3 N–H and O–H groups in total. The molecule has 0 bridgehead atoms. The molecule has 1 fully saturated rings. The Morgan fingerprint density at radius 3 is 2.48 bits per heavy atom. The summed E-state index contributed by atoms with van der Waals surface area (Å²) in [5.74, 6) is -0.0345. The summed E-state index contributed by atoms with van der Waals surface area (Å²) in [6.45, 7) is 5.85. The van der Waals surface area contributed by atoms with Crippen LogP contribution in [0.2, 0.25) is 0 Å².